The van der Waals surface area contributed by atoms with Crippen LogP contribution in [0.4, 0.5) is 0 Å². The number of hydrazine groups is 1. The number of H-pyrrole nitrogens is 1. The molecule has 0 unspecified atom stereocenters. The second-order valence-corrected chi connectivity index (χ2v) is 6.08. The standard InChI is InChI=1S/C17H12N6O3S/c24-15-9-14(20-23(15)11-4-2-1-3-5-11)17(26)19-18-16(25)10-6-7-12-13(8-10)22-27-21-12/h1-9,20H,(H,18,25)(H,19,26). The Balaban J connectivity index is 1.46. The third kappa shape index (κ3) is 3.33. The van der Waals surface area contributed by atoms with Crippen LogP contribution in [0.15, 0.2) is 59.4 Å². The predicted octanol–water partition coefficient (Wildman–Crippen LogP) is 1.25. The molecule has 2 aromatic heterocycles. The smallest absolute Gasteiger partial charge is 0.285 e. The summed E-state index contributed by atoms with van der Waals surface area (Å²) >= 11 is 1.05. The van der Waals surface area contributed by atoms with Gasteiger partial charge in [0, 0.05) is 11.6 Å². The SMILES string of the molecule is O=C(NNC(=O)c1cc(=O)n(-c2ccccc2)[nH]1)c1ccc2nsnc2c1. The van der Waals surface area contributed by atoms with E-state index in [1.807, 2.05) is 6.07 Å². The van der Waals surface area contributed by atoms with Gasteiger partial charge < -0.3 is 0 Å². The minimum absolute atomic E-state index is 0.0170. The molecule has 0 bridgehead atoms. The first-order valence-corrected chi connectivity index (χ1v) is 8.55. The first kappa shape index (κ1) is 16.7. The summed E-state index contributed by atoms with van der Waals surface area (Å²) in [7, 11) is 0. The molecule has 0 fully saturated rings. The highest BCUT2D eigenvalue weighted by Gasteiger charge is 2.14. The van der Waals surface area contributed by atoms with E-state index in [1.54, 1.807) is 42.5 Å². The van der Waals surface area contributed by atoms with Crippen LogP contribution >= 0.6 is 11.7 Å². The Morgan fingerprint density at radius 2 is 1.67 bits per heavy atom. The number of carbonyl (C=O) groups excluding carboxylic acids is 2. The van der Waals surface area contributed by atoms with Crippen LogP contribution in [-0.2, 0) is 0 Å². The zero-order chi connectivity index (χ0) is 18.8. The molecule has 9 nitrogen and oxygen atoms in total. The molecule has 0 aliphatic rings. The summed E-state index contributed by atoms with van der Waals surface area (Å²) in [5.74, 6) is -1.16. The van der Waals surface area contributed by atoms with Gasteiger partial charge in [0.05, 0.1) is 17.4 Å². The first-order valence-electron chi connectivity index (χ1n) is 7.82. The normalized spacial score (nSPS) is 10.7. The molecular formula is C17H12N6O3S. The molecule has 2 heterocycles. The van der Waals surface area contributed by atoms with Gasteiger partial charge in [0.25, 0.3) is 17.4 Å². The van der Waals surface area contributed by atoms with Gasteiger partial charge in [-0.1, -0.05) is 18.2 Å². The van der Waals surface area contributed by atoms with Crippen molar-refractivity contribution in [3.05, 3.63) is 76.2 Å². The van der Waals surface area contributed by atoms with E-state index < -0.39 is 11.8 Å². The maximum absolute atomic E-state index is 12.2. The quantitative estimate of drug-likeness (QED) is 0.462. The zero-order valence-electron chi connectivity index (χ0n) is 13.7. The number of aromatic nitrogens is 4. The van der Waals surface area contributed by atoms with Crippen LogP contribution in [0, 0.1) is 0 Å². The lowest BCUT2D eigenvalue weighted by atomic mass is 10.2. The van der Waals surface area contributed by atoms with E-state index in [-0.39, 0.29) is 11.3 Å². The number of hydrogen-bond acceptors (Lipinski definition) is 6. The van der Waals surface area contributed by atoms with Crippen LogP contribution in [0.3, 0.4) is 0 Å². The average molecular weight is 380 g/mol. The molecule has 0 saturated carbocycles. The molecule has 4 aromatic rings. The number of nitrogens with one attached hydrogen (secondary N) is 3. The number of hydrogen-bond donors (Lipinski definition) is 3. The highest BCUT2D eigenvalue weighted by Crippen LogP contribution is 2.13. The van der Waals surface area contributed by atoms with Gasteiger partial charge in [-0.05, 0) is 30.3 Å². The van der Waals surface area contributed by atoms with E-state index in [2.05, 4.69) is 24.7 Å². The van der Waals surface area contributed by atoms with Crippen molar-refractivity contribution in [3.8, 4) is 5.69 Å². The fourth-order valence-electron chi connectivity index (χ4n) is 2.46. The van der Waals surface area contributed by atoms with E-state index in [9.17, 15) is 14.4 Å². The third-order valence-corrected chi connectivity index (χ3v) is 4.34. The van der Waals surface area contributed by atoms with Crippen LogP contribution in [0.1, 0.15) is 20.8 Å². The number of rotatable bonds is 3. The first-order chi connectivity index (χ1) is 13.1. The minimum atomic E-state index is -0.647. The van der Waals surface area contributed by atoms with E-state index in [4.69, 9.17) is 0 Å². The number of amides is 2. The maximum atomic E-state index is 12.2. The number of aromatic amines is 1. The molecule has 4 rings (SSSR count). The Morgan fingerprint density at radius 3 is 2.48 bits per heavy atom. The molecule has 0 radical (unpaired) electrons. The summed E-state index contributed by atoms with van der Waals surface area (Å²) in [5, 5.41) is 2.71. The van der Waals surface area contributed by atoms with E-state index in [0.29, 0.717) is 22.3 Å². The Labute approximate surface area is 155 Å². The average Bonchev–Trinajstić information content (AvgIpc) is 3.32. The van der Waals surface area contributed by atoms with Gasteiger partial charge in [-0.3, -0.25) is 30.3 Å². The van der Waals surface area contributed by atoms with Crippen molar-refractivity contribution in [2.75, 3.05) is 0 Å². The molecule has 0 saturated heterocycles. The molecule has 0 aliphatic carbocycles. The lowest BCUT2D eigenvalue weighted by Gasteiger charge is -2.06. The summed E-state index contributed by atoms with van der Waals surface area (Å²) in [6.07, 6.45) is 0. The minimum Gasteiger partial charge on any atom is -0.285 e. The summed E-state index contributed by atoms with van der Waals surface area (Å²) in [5.41, 5.74) is 6.42. The van der Waals surface area contributed by atoms with Crippen molar-refractivity contribution in [2.24, 2.45) is 0 Å². The van der Waals surface area contributed by atoms with Crippen molar-refractivity contribution >= 4 is 34.6 Å². The van der Waals surface area contributed by atoms with Gasteiger partial charge >= 0.3 is 0 Å². The van der Waals surface area contributed by atoms with E-state index in [1.165, 1.54) is 4.68 Å². The van der Waals surface area contributed by atoms with E-state index >= 15 is 0 Å². The molecule has 0 aliphatic heterocycles. The molecule has 27 heavy (non-hydrogen) atoms. The van der Waals surface area contributed by atoms with Gasteiger partial charge in [-0.15, -0.1) is 0 Å². The van der Waals surface area contributed by atoms with Crippen LogP contribution in [-0.4, -0.2) is 30.3 Å². The zero-order valence-corrected chi connectivity index (χ0v) is 14.5. The molecule has 10 heteroatoms. The summed E-state index contributed by atoms with van der Waals surface area (Å²) in [6, 6.07) is 14.8. The van der Waals surface area contributed by atoms with Crippen molar-refractivity contribution in [2.45, 2.75) is 0 Å². The van der Waals surface area contributed by atoms with Crippen LogP contribution in [0.5, 0.6) is 0 Å². The molecule has 2 aromatic carbocycles. The Kier molecular flexibility index (Phi) is 4.22. The van der Waals surface area contributed by atoms with Crippen molar-refractivity contribution < 1.29 is 9.59 Å². The summed E-state index contributed by atoms with van der Waals surface area (Å²) in [4.78, 5) is 36.5. The molecule has 2 amide bonds. The molecule has 134 valence electrons. The van der Waals surface area contributed by atoms with E-state index in [0.717, 1.165) is 17.8 Å². The Hall–Kier alpha value is -3.79. The van der Waals surface area contributed by atoms with Crippen LogP contribution in [0.25, 0.3) is 16.7 Å². The second-order valence-electron chi connectivity index (χ2n) is 5.55. The number of para-hydroxylation sites is 1. The van der Waals surface area contributed by atoms with Gasteiger partial charge in [0.15, 0.2) is 0 Å². The molecule has 3 N–H and O–H groups in total. The van der Waals surface area contributed by atoms with Crippen molar-refractivity contribution in [1.29, 1.82) is 0 Å². The Morgan fingerprint density at radius 1 is 0.926 bits per heavy atom. The van der Waals surface area contributed by atoms with Gasteiger partial charge in [-0.25, -0.2) is 4.68 Å². The number of fused-ring (bicyclic) bond motifs is 1. The van der Waals surface area contributed by atoms with Gasteiger partial charge in [0.2, 0.25) is 0 Å². The van der Waals surface area contributed by atoms with Crippen LogP contribution < -0.4 is 16.4 Å². The lowest BCUT2D eigenvalue weighted by Crippen LogP contribution is -2.41. The molecule has 0 atom stereocenters. The lowest BCUT2D eigenvalue weighted by molar-refractivity contribution is 0.0844. The summed E-state index contributed by atoms with van der Waals surface area (Å²) < 4.78 is 9.36. The number of benzene rings is 2. The summed E-state index contributed by atoms with van der Waals surface area (Å²) in [6.45, 7) is 0. The monoisotopic (exact) mass is 380 g/mol. The predicted molar refractivity (Wildman–Crippen MR) is 98.7 cm³/mol. The highest BCUT2D eigenvalue weighted by molar-refractivity contribution is 7.00. The number of carbonyl (C=O) groups is 2. The largest absolute Gasteiger partial charge is 0.287 e. The van der Waals surface area contributed by atoms with Gasteiger partial charge in [-0.2, -0.15) is 8.75 Å². The van der Waals surface area contributed by atoms with Crippen molar-refractivity contribution in [1.82, 2.24) is 29.4 Å². The fourth-order valence-corrected chi connectivity index (χ4v) is 2.97. The topological polar surface area (TPSA) is 122 Å². The highest BCUT2D eigenvalue weighted by atomic mass is 32.1. The van der Waals surface area contributed by atoms with Crippen molar-refractivity contribution in [3.63, 3.8) is 0 Å². The number of nitrogens with zero attached hydrogens (tertiary/aromatic N) is 3. The fraction of sp³-hybridized carbons (Fsp3) is 0. The Bertz CT molecular complexity index is 1190. The molecular weight excluding hydrogens is 368 g/mol. The maximum Gasteiger partial charge on any atom is 0.287 e. The van der Waals surface area contributed by atoms with Crippen LogP contribution in [0.2, 0.25) is 0 Å². The van der Waals surface area contributed by atoms with Gasteiger partial charge in [0.1, 0.15) is 16.7 Å². The second kappa shape index (κ2) is 6.84. The third-order valence-electron chi connectivity index (χ3n) is 3.78. The molecule has 0 spiro atoms.